The molecule has 120 valence electrons. The van der Waals surface area contributed by atoms with Crippen LogP contribution in [0.5, 0.6) is 0 Å². The Morgan fingerprint density at radius 1 is 1.00 bits per heavy atom. The zero-order chi connectivity index (χ0) is 16.1. The van der Waals surface area contributed by atoms with Gasteiger partial charge >= 0.3 is 5.97 Å². The fourth-order valence-corrected chi connectivity index (χ4v) is 2.84. The minimum absolute atomic E-state index is 0.137. The van der Waals surface area contributed by atoms with Gasteiger partial charge in [-0.25, -0.2) is 9.18 Å². The number of nitrogens with zero attached hydrogens (tertiary/aromatic N) is 1. The van der Waals surface area contributed by atoms with Gasteiger partial charge in [0.05, 0.1) is 5.56 Å². The molecule has 1 heterocycles. The number of halogens is 1. The largest absolute Gasteiger partial charge is 0.459 e. The topological polar surface area (TPSA) is 29.5 Å². The van der Waals surface area contributed by atoms with Crippen molar-refractivity contribution in [2.75, 3.05) is 13.1 Å². The Morgan fingerprint density at radius 3 is 2.17 bits per heavy atom. The Labute approximate surface area is 135 Å². The maximum atomic E-state index is 14.5. The normalized spacial score (nSPS) is 17.6. The number of hydrogen-bond acceptors (Lipinski definition) is 3. The number of likely N-dealkylation sites (tertiary alicyclic amines) is 1. The van der Waals surface area contributed by atoms with Gasteiger partial charge in [0, 0.05) is 18.7 Å². The number of alkyl halides is 1. The monoisotopic (exact) mass is 313 g/mol. The molecule has 3 nitrogen and oxygen atoms in total. The van der Waals surface area contributed by atoms with Crippen molar-refractivity contribution in [2.45, 2.75) is 25.2 Å². The Bertz CT molecular complexity index is 624. The molecule has 0 N–H and O–H groups in total. The number of rotatable bonds is 4. The van der Waals surface area contributed by atoms with Crippen molar-refractivity contribution in [1.82, 2.24) is 4.90 Å². The highest BCUT2D eigenvalue weighted by Crippen LogP contribution is 2.26. The average molecular weight is 313 g/mol. The molecule has 0 aliphatic carbocycles. The molecule has 1 saturated heterocycles. The van der Waals surface area contributed by atoms with E-state index in [9.17, 15) is 9.18 Å². The quantitative estimate of drug-likeness (QED) is 0.632. The van der Waals surface area contributed by atoms with Crippen molar-refractivity contribution in [2.24, 2.45) is 0 Å². The number of carbonyl (C=O) groups is 1. The average Bonchev–Trinajstić information content (AvgIpc) is 2.63. The first kappa shape index (κ1) is 15.7. The molecule has 2 aromatic carbocycles. The molecule has 1 atom stereocenters. The van der Waals surface area contributed by atoms with E-state index in [0.29, 0.717) is 37.1 Å². The van der Waals surface area contributed by atoms with E-state index in [0.717, 1.165) is 0 Å². The predicted octanol–water partition coefficient (Wildman–Crippen LogP) is 3.98. The lowest BCUT2D eigenvalue weighted by Crippen LogP contribution is -2.38. The van der Waals surface area contributed by atoms with E-state index in [-0.39, 0.29) is 12.1 Å². The van der Waals surface area contributed by atoms with Crippen LogP contribution in [0.3, 0.4) is 0 Å². The van der Waals surface area contributed by atoms with Crippen LogP contribution >= 0.6 is 0 Å². The van der Waals surface area contributed by atoms with Crippen molar-refractivity contribution in [3.63, 3.8) is 0 Å². The van der Waals surface area contributed by atoms with E-state index in [1.807, 2.05) is 36.4 Å². The summed E-state index contributed by atoms with van der Waals surface area (Å²) in [6.07, 6.45) is 0.0846. The highest BCUT2D eigenvalue weighted by Gasteiger charge is 2.27. The first-order valence-electron chi connectivity index (χ1n) is 7.93. The zero-order valence-corrected chi connectivity index (χ0v) is 12.9. The Kier molecular flexibility index (Phi) is 5.03. The van der Waals surface area contributed by atoms with Crippen LogP contribution in [0.25, 0.3) is 0 Å². The summed E-state index contributed by atoms with van der Waals surface area (Å²) in [5.41, 5.74) is 1.23. The summed E-state index contributed by atoms with van der Waals surface area (Å²) in [6.45, 7) is 1.17. The number of benzene rings is 2. The molecule has 3 rings (SSSR count). The standard InChI is InChI=1S/C19H20FNO2/c20-18(15-7-3-1-4-8-15)21-13-11-17(12-14-21)23-19(22)16-9-5-2-6-10-16/h1-10,17-18H,11-14H2. The zero-order valence-electron chi connectivity index (χ0n) is 12.9. The second-order valence-electron chi connectivity index (χ2n) is 5.75. The van der Waals surface area contributed by atoms with E-state index >= 15 is 0 Å². The van der Waals surface area contributed by atoms with E-state index < -0.39 is 6.30 Å². The molecular formula is C19H20FNO2. The summed E-state index contributed by atoms with van der Waals surface area (Å²) in [6, 6.07) is 18.1. The van der Waals surface area contributed by atoms with Crippen molar-refractivity contribution in [3.05, 3.63) is 71.8 Å². The molecule has 0 bridgehead atoms. The van der Waals surface area contributed by atoms with E-state index in [4.69, 9.17) is 4.74 Å². The number of ether oxygens (including phenoxy) is 1. The number of piperidine rings is 1. The minimum Gasteiger partial charge on any atom is -0.459 e. The third-order valence-electron chi connectivity index (χ3n) is 4.15. The highest BCUT2D eigenvalue weighted by atomic mass is 19.1. The Morgan fingerprint density at radius 2 is 1.57 bits per heavy atom. The molecule has 1 unspecified atom stereocenters. The summed E-state index contributed by atoms with van der Waals surface area (Å²) < 4.78 is 20.0. The van der Waals surface area contributed by atoms with Crippen LogP contribution in [0.4, 0.5) is 4.39 Å². The van der Waals surface area contributed by atoms with Gasteiger partial charge in [-0.15, -0.1) is 0 Å². The lowest BCUT2D eigenvalue weighted by molar-refractivity contribution is -0.0110. The van der Waals surface area contributed by atoms with Crippen LogP contribution in [-0.2, 0) is 4.74 Å². The summed E-state index contributed by atoms with van der Waals surface area (Å²) >= 11 is 0. The SMILES string of the molecule is O=C(OC1CCN(C(F)c2ccccc2)CC1)c1ccccc1. The Hall–Kier alpha value is -2.20. The van der Waals surface area contributed by atoms with Gasteiger partial charge in [0.1, 0.15) is 6.10 Å². The van der Waals surface area contributed by atoms with Crippen LogP contribution in [0.2, 0.25) is 0 Å². The third kappa shape index (κ3) is 3.96. The van der Waals surface area contributed by atoms with Gasteiger partial charge in [0.15, 0.2) is 6.30 Å². The molecule has 23 heavy (non-hydrogen) atoms. The molecule has 1 aliphatic heterocycles. The molecule has 0 aromatic heterocycles. The van der Waals surface area contributed by atoms with Gasteiger partial charge in [0.25, 0.3) is 0 Å². The fraction of sp³-hybridized carbons (Fsp3) is 0.316. The molecule has 0 saturated carbocycles. The van der Waals surface area contributed by atoms with Crippen LogP contribution in [-0.4, -0.2) is 30.1 Å². The molecule has 0 radical (unpaired) electrons. The molecule has 0 amide bonds. The van der Waals surface area contributed by atoms with E-state index in [1.165, 1.54) is 0 Å². The summed E-state index contributed by atoms with van der Waals surface area (Å²) in [5, 5.41) is 0. The first-order chi connectivity index (χ1) is 11.2. The maximum Gasteiger partial charge on any atom is 0.338 e. The van der Waals surface area contributed by atoms with Gasteiger partial charge in [-0.2, -0.15) is 0 Å². The van der Waals surface area contributed by atoms with Crippen molar-refractivity contribution >= 4 is 5.97 Å². The number of hydrogen-bond donors (Lipinski definition) is 0. The maximum absolute atomic E-state index is 14.5. The van der Waals surface area contributed by atoms with Crippen molar-refractivity contribution in [3.8, 4) is 0 Å². The fourth-order valence-electron chi connectivity index (χ4n) is 2.84. The second-order valence-corrected chi connectivity index (χ2v) is 5.75. The van der Waals surface area contributed by atoms with Crippen LogP contribution in [0.15, 0.2) is 60.7 Å². The van der Waals surface area contributed by atoms with Gasteiger partial charge in [0.2, 0.25) is 0 Å². The molecule has 0 spiro atoms. The lowest BCUT2D eigenvalue weighted by atomic mass is 10.1. The smallest absolute Gasteiger partial charge is 0.338 e. The first-order valence-corrected chi connectivity index (χ1v) is 7.93. The molecule has 1 aliphatic rings. The van der Waals surface area contributed by atoms with E-state index in [2.05, 4.69) is 0 Å². The van der Waals surface area contributed by atoms with Gasteiger partial charge in [-0.05, 0) is 25.0 Å². The van der Waals surface area contributed by atoms with Crippen LogP contribution < -0.4 is 0 Å². The van der Waals surface area contributed by atoms with Crippen LogP contribution in [0, 0.1) is 0 Å². The summed E-state index contributed by atoms with van der Waals surface area (Å²) in [7, 11) is 0. The number of carbonyl (C=O) groups excluding carboxylic acids is 1. The number of esters is 1. The predicted molar refractivity (Wildman–Crippen MR) is 86.7 cm³/mol. The van der Waals surface area contributed by atoms with Gasteiger partial charge in [-0.1, -0.05) is 48.5 Å². The summed E-state index contributed by atoms with van der Waals surface area (Å²) in [4.78, 5) is 13.8. The second kappa shape index (κ2) is 7.38. The van der Waals surface area contributed by atoms with E-state index in [1.54, 1.807) is 29.2 Å². The van der Waals surface area contributed by atoms with Crippen molar-refractivity contribution in [1.29, 1.82) is 0 Å². The third-order valence-corrected chi connectivity index (χ3v) is 4.15. The molecular weight excluding hydrogens is 293 g/mol. The minimum atomic E-state index is -1.10. The van der Waals surface area contributed by atoms with Crippen molar-refractivity contribution < 1.29 is 13.9 Å². The molecule has 2 aromatic rings. The molecule has 4 heteroatoms. The van der Waals surface area contributed by atoms with Crippen LogP contribution in [0.1, 0.15) is 35.1 Å². The lowest BCUT2D eigenvalue weighted by Gasteiger charge is -2.33. The Balaban J connectivity index is 1.52. The molecule has 1 fully saturated rings. The highest BCUT2D eigenvalue weighted by molar-refractivity contribution is 5.89. The van der Waals surface area contributed by atoms with Gasteiger partial charge in [-0.3, -0.25) is 4.90 Å². The summed E-state index contributed by atoms with van der Waals surface area (Å²) in [5.74, 6) is -0.302. The van der Waals surface area contributed by atoms with Gasteiger partial charge < -0.3 is 4.74 Å².